The molecule has 5 nitrogen and oxygen atoms in total. The lowest BCUT2D eigenvalue weighted by Crippen LogP contribution is -2.30. The Morgan fingerprint density at radius 2 is 1.67 bits per heavy atom. The molecule has 0 spiro atoms. The summed E-state index contributed by atoms with van der Waals surface area (Å²) >= 11 is 12.0. The van der Waals surface area contributed by atoms with E-state index in [-0.39, 0.29) is 27.4 Å². The topological polar surface area (TPSA) is 66.5 Å². The molecule has 8 heteroatoms. The van der Waals surface area contributed by atoms with Crippen molar-refractivity contribution in [3.05, 3.63) is 63.6 Å². The molecule has 1 atom stereocenters. The number of rotatable bonds is 7. The summed E-state index contributed by atoms with van der Waals surface area (Å²) in [5.41, 5.74) is 1.07. The SMILES string of the molecule is CCN(CC)S(=O)(=O)c1ccc(C(C)NC(=O)c2cccc(Cl)c2Cl)cc1. The zero-order chi connectivity index (χ0) is 20.2. The third kappa shape index (κ3) is 4.82. The van der Waals surface area contributed by atoms with Crippen LogP contribution in [0.25, 0.3) is 0 Å². The van der Waals surface area contributed by atoms with Crippen LogP contribution in [0.1, 0.15) is 42.7 Å². The molecule has 1 amide bonds. The summed E-state index contributed by atoms with van der Waals surface area (Å²) < 4.78 is 26.5. The van der Waals surface area contributed by atoms with Crippen molar-refractivity contribution >= 4 is 39.1 Å². The van der Waals surface area contributed by atoms with Crippen molar-refractivity contribution in [1.82, 2.24) is 9.62 Å². The van der Waals surface area contributed by atoms with E-state index in [2.05, 4.69) is 5.32 Å². The van der Waals surface area contributed by atoms with Crippen molar-refractivity contribution in [1.29, 1.82) is 0 Å². The van der Waals surface area contributed by atoms with Gasteiger partial charge in [-0.3, -0.25) is 4.79 Å². The Bertz CT molecular complexity index is 911. The van der Waals surface area contributed by atoms with Crippen LogP contribution in [-0.2, 0) is 10.0 Å². The Morgan fingerprint density at radius 1 is 1.07 bits per heavy atom. The van der Waals surface area contributed by atoms with Gasteiger partial charge < -0.3 is 5.32 Å². The number of carbonyl (C=O) groups is 1. The molecule has 0 bridgehead atoms. The van der Waals surface area contributed by atoms with E-state index in [0.717, 1.165) is 5.56 Å². The molecule has 27 heavy (non-hydrogen) atoms. The first-order valence-electron chi connectivity index (χ1n) is 8.57. The Labute approximate surface area is 170 Å². The zero-order valence-electron chi connectivity index (χ0n) is 15.4. The number of nitrogens with one attached hydrogen (secondary N) is 1. The Balaban J connectivity index is 2.17. The molecule has 0 heterocycles. The second-order valence-corrected chi connectivity index (χ2v) is 8.68. The monoisotopic (exact) mass is 428 g/mol. The van der Waals surface area contributed by atoms with Crippen LogP contribution >= 0.6 is 23.2 Å². The summed E-state index contributed by atoms with van der Waals surface area (Å²) in [5, 5.41) is 3.35. The van der Waals surface area contributed by atoms with Crippen LogP contribution in [-0.4, -0.2) is 31.7 Å². The van der Waals surface area contributed by atoms with Crippen molar-refractivity contribution in [3.8, 4) is 0 Å². The number of hydrogen-bond acceptors (Lipinski definition) is 3. The molecule has 0 aromatic heterocycles. The van der Waals surface area contributed by atoms with Crippen LogP contribution in [0, 0.1) is 0 Å². The lowest BCUT2D eigenvalue weighted by molar-refractivity contribution is 0.0940. The standard InChI is InChI=1S/C19H22Cl2N2O3S/c1-4-23(5-2)27(25,26)15-11-9-14(10-12-15)13(3)22-19(24)16-7-6-8-17(20)18(16)21/h6-13H,4-5H2,1-3H3,(H,22,24). The highest BCUT2D eigenvalue weighted by Crippen LogP contribution is 2.26. The maximum atomic E-state index is 12.5. The van der Waals surface area contributed by atoms with Gasteiger partial charge in [0.15, 0.2) is 0 Å². The van der Waals surface area contributed by atoms with E-state index < -0.39 is 10.0 Å². The predicted octanol–water partition coefficient (Wildman–Crippen LogP) is 4.51. The normalized spacial score (nSPS) is 12.8. The van der Waals surface area contributed by atoms with Gasteiger partial charge in [-0.05, 0) is 36.8 Å². The number of nitrogens with zero attached hydrogens (tertiary/aromatic N) is 1. The molecule has 0 aliphatic rings. The Morgan fingerprint density at radius 3 is 2.22 bits per heavy atom. The van der Waals surface area contributed by atoms with E-state index >= 15 is 0 Å². The quantitative estimate of drug-likeness (QED) is 0.704. The minimum absolute atomic E-state index is 0.199. The first-order chi connectivity index (χ1) is 12.7. The molecule has 0 aliphatic carbocycles. The fraction of sp³-hybridized carbons (Fsp3) is 0.316. The third-order valence-electron chi connectivity index (χ3n) is 4.27. The average molecular weight is 429 g/mol. The van der Waals surface area contributed by atoms with Crippen molar-refractivity contribution in [3.63, 3.8) is 0 Å². The smallest absolute Gasteiger partial charge is 0.253 e. The molecular formula is C19H22Cl2N2O3S. The van der Waals surface area contributed by atoms with Crippen LogP contribution in [0.5, 0.6) is 0 Å². The lowest BCUT2D eigenvalue weighted by Gasteiger charge is -2.19. The van der Waals surface area contributed by atoms with Crippen LogP contribution < -0.4 is 5.32 Å². The van der Waals surface area contributed by atoms with Gasteiger partial charge in [0.25, 0.3) is 5.91 Å². The maximum Gasteiger partial charge on any atom is 0.253 e. The molecule has 2 aromatic carbocycles. The van der Waals surface area contributed by atoms with E-state index in [1.54, 1.807) is 56.3 Å². The van der Waals surface area contributed by atoms with Gasteiger partial charge in [0, 0.05) is 13.1 Å². The highest BCUT2D eigenvalue weighted by atomic mass is 35.5. The summed E-state index contributed by atoms with van der Waals surface area (Å²) in [4.78, 5) is 12.7. The second kappa shape index (κ2) is 9.06. The highest BCUT2D eigenvalue weighted by Gasteiger charge is 2.22. The molecule has 1 N–H and O–H groups in total. The minimum atomic E-state index is -3.51. The van der Waals surface area contributed by atoms with E-state index in [1.807, 2.05) is 6.92 Å². The summed E-state index contributed by atoms with van der Waals surface area (Å²) in [6, 6.07) is 11.0. The first kappa shape index (κ1) is 21.7. The predicted molar refractivity (Wildman–Crippen MR) is 109 cm³/mol. The van der Waals surface area contributed by atoms with Crippen LogP contribution in [0.15, 0.2) is 47.4 Å². The zero-order valence-corrected chi connectivity index (χ0v) is 17.7. The first-order valence-corrected chi connectivity index (χ1v) is 10.8. The molecule has 2 rings (SSSR count). The average Bonchev–Trinajstić information content (AvgIpc) is 2.64. The molecule has 0 saturated carbocycles. The molecular weight excluding hydrogens is 407 g/mol. The van der Waals surface area contributed by atoms with E-state index in [4.69, 9.17) is 23.2 Å². The van der Waals surface area contributed by atoms with E-state index in [0.29, 0.717) is 18.1 Å². The lowest BCUT2D eigenvalue weighted by atomic mass is 10.1. The van der Waals surface area contributed by atoms with E-state index in [9.17, 15) is 13.2 Å². The Hall–Kier alpha value is -1.60. The summed E-state index contributed by atoms with van der Waals surface area (Å²) in [6.45, 7) is 6.23. The number of amides is 1. The summed E-state index contributed by atoms with van der Waals surface area (Å²) in [5.74, 6) is -0.352. The summed E-state index contributed by atoms with van der Waals surface area (Å²) in [7, 11) is -3.51. The molecule has 2 aromatic rings. The second-order valence-electron chi connectivity index (χ2n) is 5.95. The largest absolute Gasteiger partial charge is 0.345 e. The highest BCUT2D eigenvalue weighted by molar-refractivity contribution is 7.89. The number of carbonyl (C=O) groups excluding carboxylic acids is 1. The van der Waals surface area contributed by atoms with Gasteiger partial charge >= 0.3 is 0 Å². The van der Waals surface area contributed by atoms with Crippen LogP contribution in [0.3, 0.4) is 0 Å². The fourth-order valence-corrected chi connectivity index (χ4v) is 4.52. The van der Waals surface area contributed by atoms with Crippen molar-refractivity contribution in [2.45, 2.75) is 31.7 Å². The van der Waals surface area contributed by atoms with Gasteiger partial charge in [-0.25, -0.2) is 8.42 Å². The van der Waals surface area contributed by atoms with Gasteiger partial charge in [-0.15, -0.1) is 0 Å². The van der Waals surface area contributed by atoms with Crippen molar-refractivity contribution in [2.75, 3.05) is 13.1 Å². The molecule has 0 saturated heterocycles. The van der Waals surface area contributed by atoms with Gasteiger partial charge in [0.1, 0.15) is 0 Å². The van der Waals surface area contributed by atoms with Gasteiger partial charge in [-0.2, -0.15) is 4.31 Å². The van der Waals surface area contributed by atoms with Crippen molar-refractivity contribution < 1.29 is 13.2 Å². The number of sulfonamides is 1. The maximum absolute atomic E-state index is 12.5. The van der Waals surface area contributed by atoms with E-state index in [1.165, 1.54) is 4.31 Å². The fourth-order valence-electron chi connectivity index (χ4n) is 2.68. The van der Waals surface area contributed by atoms with Crippen molar-refractivity contribution in [2.24, 2.45) is 0 Å². The van der Waals surface area contributed by atoms with Gasteiger partial charge in [0.05, 0.1) is 26.5 Å². The van der Waals surface area contributed by atoms with Gasteiger partial charge in [0.2, 0.25) is 10.0 Å². The van der Waals surface area contributed by atoms with Crippen LogP contribution in [0.2, 0.25) is 10.0 Å². The minimum Gasteiger partial charge on any atom is -0.345 e. The molecule has 0 radical (unpaired) electrons. The number of halogens is 2. The molecule has 0 aliphatic heterocycles. The number of benzene rings is 2. The third-order valence-corrected chi connectivity index (χ3v) is 7.15. The summed E-state index contributed by atoms with van der Waals surface area (Å²) in [6.07, 6.45) is 0. The van der Waals surface area contributed by atoms with Gasteiger partial charge in [-0.1, -0.05) is 55.2 Å². The Kier molecular flexibility index (Phi) is 7.28. The number of hydrogen-bond donors (Lipinski definition) is 1. The molecule has 146 valence electrons. The van der Waals surface area contributed by atoms with Crippen LogP contribution in [0.4, 0.5) is 0 Å². The molecule has 1 unspecified atom stereocenters. The molecule has 0 fully saturated rings.